The zero-order valence-corrected chi connectivity index (χ0v) is 11.2. The number of hydrogen-bond acceptors (Lipinski definition) is 4. The zero-order valence-electron chi connectivity index (χ0n) is 11.2. The van der Waals surface area contributed by atoms with Gasteiger partial charge in [0, 0.05) is 5.56 Å². The maximum Gasteiger partial charge on any atom is 0.247 e. The summed E-state index contributed by atoms with van der Waals surface area (Å²) in [4.78, 5) is 0. The van der Waals surface area contributed by atoms with E-state index in [-0.39, 0.29) is 0 Å². The summed E-state index contributed by atoms with van der Waals surface area (Å²) in [5, 5.41) is 8.13. The smallest absolute Gasteiger partial charge is 0.247 e. The van der Waals surface area contributed by atoms with Crippen LogP contribution in [0.2, 0.25) is 0 Å². The third kappa shape index (κ3) is 2.46. The lowest BCUT2D eigenvalue weighted by Gasteiger charge is -2.06. The highest BCUT2D eigenvalue weighted by molar-refractivity contribution is 5.53. The molecule has 2 N–H and O–H groups in total. The van der Waals surface area contributed by atoms with Crippen molar-refractivity contribution >= 4 is 0 Å². The molecular formula is C16H15N3O. The maximum absolute atomic E-state index is 6.14. The van der Waals surface area contributed by atoms with Gasteiger partial charge in [-0.25, -0.2) is 0 Å². The Morgan fingerprint density at radius 2 is 1.80 bits per heavy atom. The minimum absolute atomic E-state index is 0.401. The van der Waals surface area contributed by atoms with Crippen molar-refractivity contribution in [2.24, 2.45) is 5.73 Å². The topological polar surface area (TPSA) is 64.9 Å². The molecule has 1 unspecified atom stereocenters. The molecule has 0 aliphatic heterocycles. The van der Waals surface area contributed by atoms with E-state index in [4.69, 9.17) is 10.2 Å². The van der Waals surface area contributed by atoms with Gasteiger partial charge in [-0.3, -0.25) is 0 Å². The second kappa shape index (κ2) is 5.27. The highest BCUT2D eigenvalue weighted by atomic mass is 16.4. The van der Waals surface area contributed by atoms with Crippen molar-refractivity contribution < 1.29 is 4.42 Å². The Bertz CT molecular complexity index is 707. The number of nitrogens with zero attached hydrogens (tertiary/aromatic N) is 2. The summed E-state index contributed by atoms with van der Waals surface area (Å²) in [5.41, 5.74) is 9.15. The summed E-state index contributed by atoms with van der Waals surface area (Å²) in [6.07, 6.45) is 0. The fraction of sp³-hybridized carbons (Fsp3) is 0.125. The SMILES string of the molecule is Cc1cccc(-c2nnc(C(N)c3ccccc3)o2)c1. The van der Waals surface area contributed by atoms with Crippen LogP contribution in [0.1, 0.15) is 23.1 Å². The normalized spacial score (nSPS) is 12.3. The average molecular weight is 265 g/mol. The van der Waals surface area contributed by atoms with Crippen molar-refractivity contribution in [1.29, 1.82) is 0 Å². The van der Waals surface area contributed by atoms with Gasteiger partial charge in [-0.2, -0.15) is 0 Å². The fourth-order valence-electron chi connectivity index (χ4n) is 2.06. The van der Waals surface area contributed by atoms with Crippen molar-refractivity contribution in [1.82, 2.24) is 10.2 Å². The molecule has 0 fully saturated rings. The number of nitrogens with two attached hydrogens (primary N) is 1. The molecule has 1 aromatic heterocycles. The summed E-state index contributed by atoms with van der Waals surface area (Å²) in [6, 6.07) is 17.2. The van der Waals surface area contributed by atoms with Crippen molar-refractivity contribution in [2.45, 2.75) is 13.0 Å². The maximum atomic E-state index is 6.14. The van der Waals surface area contributed by atoms with E-state index in [0.29, 0.717) is 11.8 Å². The molecule has 0 bridgehead atoms. The highest BCUT2D eigenvalue weighted by Crippen LogP contribution is 2.23. The Kier molecular flexibility index (Phi) is 3.31. The van der Waals surface area contributed by atoms with Crippen LogP contribution < -0.4 is 5.73 Å². The minimum Gasteiger partial charge on any atom is -0.419 e. The summed E-state index contributed by atoms with van der Waals surface area (Å²) in [6.45, 7) is 2.02. The molecule has 0 radical (unpaired) electrons. The highest BCUT2D eigenvalue weighted by Gasteiger charge is 2.16. The fourth-order valence-corrected chi connectivity index (χ4v) is 2.06. The molecule has 4 nitrogen and oxygen atoms in total. The molecule has 0 saturated heterocycles. The Balaban J connectivity index is 1.91. The Labute approximate surface area is 117 Å². The van der Waals surface area contributed by atoms with Crippen LogP contribution in [0, 0.1) is 6.92 Å². The Hall–Kier alpha value is -2.46. The molecule has 0 aliphatic carbocycles. The van der Waals surface area contributed by atoms with E-state index in [2.05, 4.69) is 10.2 Å². The van der Waals surface area contributed by atoms with Crippen molar-refractivity contribution in [3.8, 4) is 11.5 Å². The van der Waals surface area contributed by atoms with E-state index in [1.807, 2.05) is 61.5 Å². The molecule has 2 aromatic carbocycles. The summed E-state index contributed by atoms with van der Waals surface area (Å²) < 4.78 is 5.69. The third-order valence-electron chi connectivity index (χ3n) is 3.13. The lowest BCUT2D eigenvalue weighted by atomic mass is 10.1. The lowest BCUT2D eigenvalue weighted by molar-refractivity contribution is 0.484. The lowest BCUT2D eigenvalue weighted by Crippen LogP contribution is -2.11. The molecule has 1 atom stereocenters. The van der Waals surface area contributed by atoms with Crippen LogP contribution in [-0.4, -0.2) is 10.2 Å². The van der Waals surface area contributed by atoms with Gasteiger partial charge in [-0.15, -0.1) is 10.2 Å². The van der Waals surface area contributed by atoms with Gasteiger partial charge in [0.15, 0.2) is 0 Å². The summed E-state index contributed by atoms with van der Waals surface area (Å²) in [5.74, 6) is 0.919. The standard InChI is InChI=1S/C16H15N3O/c1-11-6-5-9-13(10-11)15-18-19-16(20-15)14(17)12-7-3-2-4-8-12/h2-10,14H,17H2,1H3. The molecule has 0 saturated carbocycles. The molecule has 4 heteroatoms. The van der Waals surface area contributed by atoms with Crippen LogP contribution in [0.3, 0.4) is 0 Å². The van der Waals surface area contributed by atoms with Crippen LogP contribution in [0.15, 0.2) is 59.0 Å². The van der Waals surface area contributed by atoms with Gasteiger partial charge in [0.1, 0.15) is 6.04 Å². The van der Waals surface area contributed by atoms with Gasteiger partial charge >= 0.3 is 0 Å². The summed E-state index contributed by atoms with van der Waals surface area (Å²) in [7, 11) is 0. The first-order valence-corrected chi connectivity index (χ1v) is 6.45. The van der Waals surface area contributed by atoms with Gasteiger partial charge in [0.2, 0.25) is 11.8 Å². The number of benzene rings is 2. The van der Waals surface area contributed by atoms with Crippen LogP contribution in [-0.2, 0) is 0 Å². The van der Waals surface area contributed by atoms with E-state index in [9.17, 15) is 0 Å². The predicted molar refractivity (Wildman–Crippen MR) is 76.9 cm³/mol. The van der Waals surface area contributed by atoms with Crippen LogP contribution in [0.5, 0.6) is 0 Å². The Morgan fingerprint density at radius 1 is 1.00 bits per heavy atom. The molecular weight excluding hydrogens is 250 g/mol. The molecule has 0 amide bonds. The molecule has 0 spiro atoms. The van der Waals surface area contributed by atoms with Crippen molar-refractivity contribution in [2.75, 3.05) is 0 Å². The van der Waals surface area contributed by atoms with Gasteiger partial charge in [0.25, 0.3) is 0 Å². The molecule has 1 heterocycles. The monoisotopic (exact) mass is 265 g/mol. The van der Waals surface area contributed by atoms with Gasteiger partial charge in [-0.1, -0.05) is 48.0 Å². The van der Waals surface area contributed by atoms with Gasteiger partial charge in [0.05, 0.1) is 0 Å². The Morgan fingerprint density at radius 3 is 2.55 bits per heavy atom. The number of aryl methyl sites for hydroxylation is 1. The third-order valence-corrected chi connectivity index (χ3v) is 3.13. The first kappa shape index (κ1) is 12.6. The first-order chi connectivity index (χ1) is 9.74. The van der Waals surface area contributed by atoms with Gasteiger partial charge < -0.3 is 10.2 Å². The molecule has 3 aromatic rings. The van der Waals surface area contributed by atoms with E-state index in [1.54, 1.807) is 0 Å². The average Bonchev–Trinajstić information content (AvgIpc) is 2.97. The molecule has 3 rings (SSSR count). The van der Waals surface area contributed by atoms with Crippen LogP contribution in [0.25, 0.3) is 11.5 Å². The van der Waals surface area contributed by atoms with Crippen LogP contribution >= 0.6 is 0 Å². The molecule has 100 valence electrons. The number of hydrogen-bond donors (Lipinski definition) is 1. The first-order valence-electron chi connectivity index (χ1n) is 6.45. The number of aromatic nitrogens is 2. The van der Waals surface area contributed by atoms with E-state index < -0.39 is 6.04 Å². The van der Waals surface area contributed by atoms with Crippen LogP contribution in [0.4, 0.5) is 0 Å². The second-order valence-corrected chi connectivity index (χ2v) is 4.70. The van der Waals surface area contributed by atoms with E-state index in [0.717, 1.165) is 16.7 Å². The summed E-state index contributed by atoms with van der Waals surface area (Å²) >= 11 is 0. The quantitative estimate of drug-likeness (QED) is 0.790. The predicted octanol–water partition coefficient (Wildman–Crippen LogP) is 3.09. The van der Waals surface area contributed by atoms with E-state index in [1.165, 1.54) is 0 Å². The molecule has 0 aliphatic rings. The molecule has 20 heavy (non-hydrogen) atoms. The zero-order chi connectivity index (χ0) is 13.9. The van der Waals surface area contributed by atoms with Gasteiger partial charge in [-0.05, 0) is 24.6 Å². The second-order valence-electron chi connectivity index (χ2n) is 4.70. The van der Waals surface area contributed by atoms with Crippen molar-refractivity contribution in [3.63, 3.8) is 0 Å². The largest absolute Gasteiger partial charge is 0.419 e. The van der Waals surface area contributed by atoms with Crippen molar-refractivity contribution in [3.05, 3.63) is 71.6 Å². The number of rotatable bonds is 3. The minimum atomic E-state index is -0.401. The van der Waals surface area contributed by atoms with E-state index >= 15 is 0 Å².